The van der Waals surface area contributed by atoms with Crippen molar-refractivity contribution in [2.75, 3.05) is 0 Å². The van der Waals surface area contributed by atoms with Gasteiger partial charge in [-0.3, -0.25) is 0 Å². The van der Waals surface area contributed by atoms with Gasteiger partial charge in [0.25, 0.3) is 0 Å². The minimum absolute atomic E-state index is 0.831. The lowest BCUT2D eigenvalue weighted by Crippen LogP contribution is -1.74. The molecule has 0 N–H and O–H groups in total. The van der Waals surface area contributed by atoms with Crippen LogP contribution in [-0.2, 0) is 6.42 Å². The van der Waals surface area contributed by atoms with Gasteiger partial charge in [0.15, 0.2) is 0 Å². The van der Waals surface area contributed by atoms with Crippen molar-refractivity contribution in [3.05, 3.63) is 23.2 Å². The van der Waals surface area contributed by atoms with Crippen LogP contribution in [0, 0.1) is 5.80 Å². The molecule has 0 aliphatic heterocycles. The first-order chi connectivity index (χ1) is 3.93. The summed E-state index contributed by atoms with van der Waals surface area (Å²) in [5.41, 5.74) is 1.41. The summed E-state index contributed by atoms with van der Waals surface area (Å²) >= 11 is 0. The van der Waals surface area contributed by atoms with E-state index in [9.17, 15) is 0 Å². The lowest BCUT2D eigenvalue weighted by atomic mass is 10.2. The predicted octanol–water partition coefficient (Wildman–Crippen LogP) is 2.47. The van der Waals surface area contributed by atoms with Crippen molar-refractivity contribution in [2.45, 2.75) is 19.8 Å². The molecule has 1 aromatic heterocycles. The van der Waals surface area contributed by atoms with Gasteiger partial charge in [-0.1, -0.05) is 19.4 Å². The zero-order valence-electron chi connectivity index (χ0n) is 5.07. The number of aryl methyl sites for hydroxylation is 1. The molecule has 0 amide bonds. The van der Waals surface area contributed by atoms with Crippen molar-refractivity contribution in [3.63, 3.8) is 0 Å². The van der Waals surface area contributed by atoms with Crippen LogP contribution in [0.5, 0.6) is 0 Å². The first-order valence-corrected chi connectivity index (χ1v) is 4.05. The third kappa shape index (κ3) is 1.38. The maximum absolute atomic E-state index is 3.29. The van der Waals surface area contributed by atoms with Gasteiger partial charge in [-0.25, -0.2) is 0 Å². The molecule has 1 heteroatoms. The van der Waals surface area contributed by atoms with Crippen LogP contribution in [0.2, 0.25) is 0 Å². The van der Waals surface area contributed by atoms with Crippen LogP contribution in [0.4, 0.5) is 0 Å². The van der Waals surface area contributed by atoms with E-state index in [0.29, 0.717) is 0 Å². The van der Waals surface area contributed by atoms with Crippen LogP contribution in [0.25, 0.3) is 0 Å². The smallest absolute Gasteiger partial charge is 0.00535 e. The molecule has 1 radical (unpaired) electrons. The lowest BCUT2D eigenvalue weighted by Gasteiger charge is -1.86. The summed E-state index contributed by atoms with van der Waals surface area (Å²) in [4.78, 5) is 0. The fourth-order valence-electron chi connectivity index (χ4n) is 0.733. The third-order valence-corrected chi connectivity index (χ3v) is 1.92. The molecule has 1 rings (SSSR count). The second kappa shape index (κ2) is 2.94. The van der Waals surface area contributed by atoms with Gasteiger partial charge < -0.3 is 0 Å². The summed E-state index contributed by atoms with van der Waals surface area (Å²) < 4.78 is 0. The predicted molar refractivity (Wildman–Crippen MR) is 38.8 cm³/mol. The van der Waals surface area contributed by atoms with Crippen molar-refractivity contribution in [1.29, 1.82) is 0 Å². The minimum Gasteiger partial charge on any atom is -0.131 e. The highest BCUT2D eigenvalue weighted by Gasteiger charge is 1.86. The van der Waals surface area contributed by atoms with E-state index in [1.54, 1.807) is 0 Å². The van der Waals surface area contributed by atoms with Gasteiger partial charge in [-0.05, 0) is 17.8 Å². The second-order valence-corrected chi connectivity index (χ2v) is 2.75. The Hall–Kier alpha value is -0.220. The van der Waals surface area contributed by atoms with Gasteiger partial charge in [-0.2, -0.15) is 0 Å². The fourth-order valence-corrected chi connectivity index (χ4v) is 1.50. The summed E-state index contributed by atoms with van der Waals surface area (Å²) in [6.07, 6.45) is 2.46. The summed E-state index contributed by atoms with van der Waals surface area (Å²) in [6, 6.07) is 2.18. The SMILES string of the molecule is CCCc1[c][pH]cc1. The molecule has 0 bridgehead atoms. The van der Waals surface area contributed by atoms with Crippen LogP contribution in [0.15, 0.2) is 11.9 Å². The first kappa shape index (κ1) is 5.91. The van der Waals surface area contributed by atoms with Gasteiger partial charge in [0.1, 0.15) is 0 Å². The Bertz CT molecular complexity index is 130. The van der Waals surface area contributed by atoms with Crippen LogP contribution in [0.1, 0.15) is 18.9 Å². The molecule has 0 aliphatic carbocycles. The number of hydrogen-bond acceptors (Lipinski definition) is 0. The molecule has 0 saturated carbocycles. The molecular weight excluding hydrogens is 115 g/mol. The molecule has 0 fully saturated rings. The highest BCUT2D eigenvalue weighted by atomic mass is 31.0. The standard InChI is InChI=1S/C7H10P/c1-2-3-7-4-5-8-6-7/h4-5,8H,2-3H2,1H3. The summed E-state index contributed by atoms with van der Waals surface area (Å²) in [5, 5.41) is 0. The summed E-state index contributed by atoms with van der Waals surface area (Å²) in [7, 11) is 0.831. The molecule has 0 aromatic carbocycles. The zero-order chi connectivity index (χ0) is 5.82. The van der Waals surface area contributed by atoms with E-state index in [1.165, 1.54) is 18.4 Å². The molecule has 1 atom stereocenters. The Labute approximate surface area is 52.0 Å². The number of rotatable bonds is 2. The van der Waals surface area contributed by atoms with E-state index in [2.05, 4.69) is 24.6 Å². The van der Waals surface area contributed by atoms with Gasteiger partial charge in [-0.15, -0.1) is 8.19 Å². The van der Waals surface area contributed by atoms with Crippen LogP contribution in [-0.4, -0.2) is 0 Å². The second-order valence-electron chi connectivity index (χ2n) is 1.88. The van der Waals surface area contributed by atoms with E-state index >= 15 is 0 Å². The minimum atomic E-state index is 0.831. The summed E-state index contributed by atoms with van der Waals surface area (Å²) in [5.74, 6) is 5.48. The Balaban J connectivity index is 2.50. The van der Waals surface area contributed by atoms with Gasteiger partial charge in [0, 0.05) is 5.80 Å². The van der Waals surface area contributed by atoms with E-state index < -0.39 is 0 Å². The molecular formula is C7H10P. The molecule has 1 unspecified atom stereocenters. The average molecular weight is 125 g/mol. The van der Waals surface area contributed by atoms with Gasteiger partial charge in [0.2, 0.25) is 0 Å². The Morgan fingerprint density at radius 2 is 2.62 bits per heavy atom. The Morgan fingerprint density at radius 1 is 1.75 bits per heavy atom. The van der Waals surface area contributed by atoms with Crippen molar-refractivity contribution in [2.24, 2.45) is 0 Å². The molecule has 0 nitrogen and oxygen atoms in total. The zero-order valence-corrected chi connectivity index (χ0v) is 6.07. The van der Waals surface area contributed by atoms with Crippen molar-refractivity contribution in [3.8, 4) is 0 Å². The quantitative estimate of drug-likeness (QED) is 0.569. The van der Waals surface area contributed by atoms with Crippen molar-refractivity contribution >= 4 is 8.19 Å². The maximum atomic E-state index is 3.29. The fraction of sp³-hybridized carbons (Fsp3) is 0.429. The molecule has 1 aromatic rings. The van der Waals surface area contributed by atoms with Crippen LogP contribution >= 0.6 is 8.19 Å². The van der Waals surface area contributed by atoms with Crippen molar-refractivity contribution in [1.82, 2.24) is 0 Å². The molecule has 8 heavy (non-hydrogen) atoms. The Morgan fingerprint density at radius 3 is 3.12 bits per heavy atom. The first-order valence-electron chi connectivity index (χ1n) is 2.97. The normalized spacial score (nSPS) is 10.6. The van der Waals surface area contributed by atoms with E-state index in [4.69, 9.17) is 0 Å². The Kier molecular flexibility index (Phi) is 2.17. The molecule has 0 aliphatic rings. The highest BCUT2D eigenvalue weighted by Crippen LogP contribution is 2.10. The number of hydrogen-bond donors (Lipinski definition) is 0. The van der Waals surface area contributed by atoms with E-state index in [1.807, 2.05) is 0 Å². The van der Waals surface area contributed by atoms with Gasteiger partial charge >= 0.3 is 0 Å². The third-order valence-electron chi connectivity index (χ3n) is 1.12. The van der Waals surface area contributed by atoms with Crippen LogP contribution < -0.4 is 0 Å². The largest absolute Gasteiger partial charge is 0.131 e. The molecule has 1 heterocycles. The lowest BCUT2D eigenvalue weighted by molar-refractivity contribution is 0.925. The summed E-state index contributed by atoms with van der Waals surface area (Å²) in [6.45, 7) is 2.20. The topological polar surface area (TPSA) is 0 Å². The molecule has 0 saturated heterocycles. The molecule has 43 valence electrons. The monoisotopic (exact) mass is 125 g/mol. The van der Waals surface area contributed by atoms with Crippen LogP contribution in [0.3, 0.4) is 0 Å². The maximum Gasteiger partial charge on any atom is 0.00535 e. The van der Waals surface area contributed by atoms with E-state index in [-0.39, 0.29) is 0 Å². The molecule has 0 spiro atoms. The van der Waals surface area contributed by atoms with Gasteiger partial charge in [0.05, 0.1) is 0 Å². The van der Waals surface area contributed by atoms with Crippen molar-refractivity contribution < 1.29 is 0 Å². The average Bonchev–Trinajstić information content (AvgIpc) is 2.19. The van der Waals surface area contributed by atoms with E-state index in [0.717, 1.165) is 8.19 Å². The highest BCUT2D eigenvalue weighted by molar-refractivity contribution is 7.28.